The van der Waals surface area contributed by atoms with Gasteiger partial charge in [-0.05, 0) is 6.92 Å². The number of carbonyl (C=O) groups is 1. The van der Waals surface area contributed by atoms with Crippen LogP contribution in [-0.2, 0) is 4.74 Å². The van der Waals surface area contributed by atoms with Crippen LogP contribution in [0.15, 0.2) is 12.1 Å². The second-order valence-electron chi connectivity index (χ2n) is 3.23. The maximum atomic E-state index is 11.5. The highest BCUT2D eigenvalue weighted by molar-refractivity contribution is 7.20. The van der Waals surface area contributed by atoms with Gasteiger partial charge in [0.2, 0.25) is 5.01 Å². The Hall–Kier alpha value is -1.82. The number of phenols is 1. The summed E-state index contributed by atoms with van der Waals surface area (Å²) in [7, 11) is 1.46. The minimum absolute atomic E-state index is 0.0269. The lowest BCUT2D eigenvalue weighted by molar-refractivity contribution is 0.0526. The summed E-state index contributed by atoms with van der Waals surface area (Å²) in [5.41, 5.74) is 0.604. The molecular formula is C11H11NO4S. The van der Waals surface area contributed by atoms with Crippen LogP contribution < -0.4 is 4.74 Å². The molecule has 0 bridgehead atoms. The molecule has 2 rings (SSSR count). The van der Waals surface area contributed by atoms with E-state index in [2.05, 4.69) is 4.98 Å². The number of hydrogen-bond acceptors (Lipinski definition) is 6. The van der Waals surface area contributed by atoms with Crippen LogP contribution in [-0.4, -0.2) is 29.8 Å². The molecule has 0 amide bonds. The average molecular weight is 253 g/mol. The highest BCUT2D eigenvalue weighted by Gasteiger charge is 2.15. The monoisotopic (exact) mass is 253 g/mol. The van der Waals surface area contributed by atoms with Gasteiger partial charge in [-0.25, -0.2) is 9.78 Å². The fourth-order valence-corrected chi connectivity index (χ4v) is 2.26. The van der Waals surface area contributed by atoms with Gasteiger partial charge in [-0.3, -0.25) is 0 Å². The molecule has 0 saturated heterocycles. The normalized spacial score (nSPS) is 10.5. The summed E-state index contributed by atoms with van der Waals surface area (Å²) in [6, 6.07) is 3.11. The zero-order valence-electron chi connectivity index (χ0n) is 9.39. The van der Waals surface area contributed by atoms with Gasteiger partial charge in [-0.1, -0.05) is 0 Å². The Morgan fingerprint density at radius 1 is 1.53 bits per heavy atom. The molecule has 0 unspecified atom stereocenters. The molecule has 2 aromatic rings. The maximum absolute atomic E-state index is 11.5. The van der Waals surface area contributed by atoms with Gasteiger partial charge in [0.25, 0.3) is 0 Å². The fourth-order valence-electron chi connectivity index (χ4n) is 1.39. The zero-order valence-corrected chi connectivity index (χ0v) is 10.2. The predicted octanol–water partition coefficient (Wildman–Crippen LogP) is 2.19. The van der Waals surface area contributed by atoms with E-state index in [4.69, 9.17) is 9.47 Å². The minimum atomic E-state index is -0.452. The summed E-state index contributed by atoms with van der Waals surface area (Å²) >= 11 is 1.18. The van der Waals surface area contributed by atoms with Crippen LogP contribution in [0.3, 0.4) is 0 Å². The Labute approximate surface area is 102 Å². The van der Waals surface area contributed by atoms with Gasteiger partial charge in [-0.2, -0.15) is 0 Å². The summed E-state index contributed by atoms with van der Waals surface area (Å²) < 4.78 is 10.5. The standard InChI is InChI=1S/C11H11NO4S/c1-3-16-11(14)10-12-6-4-8(15-2)7(13)5-9(6)17-10/h4-5,13H,3H2,1-2H3. The Balaban J connectivity index is 2.47. The lowest BCUT2D eigenvalue weighted by Gasteiger charge is -2.01. The molecule has 1 aromatic carbocycles. The van der Waals surface area contributed by atoms with Crippen molar-refractivity contribution in [1.82, 2.24) is 4.98 Å². The SMILES string of the molecule is CCOC(=O)c1nc2cc(OC)c(O)cc2s1. The van der Waals surface area contributed by atoms with Crippen LogP contribution in [0.5, 0.6) is 11.5 Å². The predicted molar refractivity (Wildman–Crippen MR) is 63.8 cm³/mol. The second kappa shape index (κ2) is 4.58. The molecule has 90 valence electrons. The summed E-state index contributed by atoms with van der Waals surface area (Å²) in [6.07, 6.45) is 0. The Bertz CT molecular complexity index is 564. The lowest BCUT2D eigenvalue weighted by Crippen LogP contribution is -2.03. The van der Waals surface area contributed by atoms with Gasteiger partial charge >= 0.3 is 5.97 Å². The molecule has 6 heteroatoms. The molecule has 5 nitrogen and oxygen atoms in total. The number of fused-ring (bicyclic) bond motifs is 1. The number of aromatic hydroxyl groups is 1. The third-order valence-electron chi connectivity index (χ3n) is 2.14. The number of esters is 1. The summed E-state index contributed by atoms with van der Waals surface area (Å²) in [5.74, 6) is -0.0931. The van der Waals surface area contributed by atoms with E-state index < -0.39 is 5.97 Å². The van der Waals surface area contributed by atoms with Gasteiger partial charge in [-0.15, -0.1) is 11.3 Å². The van der Waals surface area contributed by atoms with Crippen LogP contribution in [0.4, 0.5) is 0 Å². The van der Waals surface area contributed by atoms with E-state index in [0.717, 1.165) is 0 Å². The third kappa shape index (κ3) is 2.16. The van der Waals surface area contributed by atoms with E-state index in [1.807, 2.05) is 0 Å². The van der Waals surface area contributed by atoms with Crippen LogP contribution >= 0.6 is 11.3 Å². The van der Waals surface area contributed by atoms with Crippen molar-refractivity contribution in [3.05, 3.63) is 17.1 Å². The van der Waals surface area contributed by atoms with Crippen molar-refractivity contribution >= 4 is 27.5 Å². The molecule has 0 atom stereocenters. The first kappa shape index (κ1) is 11.7. The van der Waals surface area contributed by atoms with Gasteiger partial charge in [0.1, 0.15) is 0 Å². The van der Waals surface area contributed by atoms with Crippen LogP contribution in [0.25, 0.3) is 10.2 Å². The van der Waals surface area contributed by atoms with E-state index in [1.165, 1.54) is 24.5 Å². The Kier molecular flexibility index (Phi) is 3.14. The third-order valence-corrected chi connectivity index (χ3v) is 3.14. The van der Waals surface area contributed by atoms with Crippen LogP contribution in [0.2, 0.25) is 0 Å². The number of benzene rings is 1. The molecule has 1 heterocycles. The largest absolute Gasteiger partial charge is 0.504 e. The summed E-state index contributed by atoms with van der Waals surface area (Å²) in [5, 5.41) is 9.87. The first-order valence-corrected chi connectivity index (χ1v) is 5.82. The van der Waals surface area contributed by atoms with E-state index >= 15 is 0 Å². The molecule has 1 aromatic heterocycles. The maximum Gasteiger partial charge on any atom is 0.367 e. The van der Waals surface area contributed by atoms with Crippen molar-refractivity contribution in [2.24, 2.45) is 0 Å². The van der Waals surface area contributed by atoms with Gasteiger partial charge in [0.15, 0.2) is 11.5 Å². The van der Waals surface area contributed by atoms with E-state index in [-0.39, 0.29) is 10.8 Å². The average Bonchev–Trinajstić information content (AvgIpc) is 2.71. The minimum Gasteiger partial charge on any atom is -0.504 e. The van der Waals surface area contributed by atoms with Gasteiger partial charge < -0.3 is 14.6 Å². The van der Waals surface area contributed by atoms with Crippen molar-refractivity contribution in [1.29, 1.82) is 0 Å². The first-order chi connectivity index (χ1) is 8.15. The fraction of sp³-hybridized carbons (Fsp3) is 0.273. The molecular weight excluding hydrogens is 242 g/mol. The molecule has 1 N–H and O–H groups in total. The van der Waals surface area contributed by atoms with Crippen LogP contribution in [0.1, 0.15) is 16.7 Å². The van der Waals surface area contributed by atoms with E-state index in [1.54, 1.807) is 13.0 Å². The van der Waals surface area contributed by atoms with Crippen molar-refractivity contribution in [3.63, 3.8) is 0 Å². The number of thiazole rings is 1. The van der Waals surface area contributed by atoms with Crippen LogP contribution in [0, 0.1) is 0 Å². The summed E-state index contributed by atoms with van der Waals surface area (Å²) in [6.45, 7) is 2.05. The van der Waals surface area contributed by atoms with E-state index in [0.29, 0.717) is 22.6 Å². The Morgan fingerprint density at radius 3 is 2.94 bits per heavy atom. The highest BCUT2D eigenvalue weighted by Crippen LogP contribution is 2.33. The number of methoxy groups -OCH3 is 1. The molecule has 0 aliphatic heterocycles. The number of carbonyl (C=O) groups excluding carboxylic acids is 1. The molecule has 0 saturated carbocycles. The molecule has 0 fully saturated rings. The number of ether oxygens (including phenoxy) is 2. The molecule has 0 spiro atoms. The molecule has 0 aliphatic rings. The zero-order chi connectivity index (χ0) is 12.4. The van der Waals surface area contributed by atoms with Crippen molar-refractivity contribution in [2.75, 3.05) is 13.7 Å². The Morgan fingerprint density at radius 2 is 2.29 bits per heavy atom. The van der Waals surface area contributed by atoms with Gasteiger partial charge in [0.05, 0.1) is 23.9 Å². The number of aromatic nitrogens is 1. The smallest absolute Gasteiger partial charge is 0.367 e. The number of phenolic OH excluding ortho intramolecular Hbond substituents is 1. The molecule has 17 heavy (non-hydrogen) atoms. The van der Waals surface area contributed by atoms with Crippen molar-refractivity contribution in [3.8, 4) is 11.5 Å². The van der Waals surface area contributed by atoms with E-state index in [9.17, 15) is 9.90 Å². The molecule has 0 radical (unpaired) electrons. The number of rotatable bonds is 3. The van der Waals surface area contributed by atoms with Crippen molar-refractivity contribution < 1.29 is 19.4 Å². The number of nitrogens with zero attached hydrogens (tertiary/aromatic N) is 1. The number of hydrogen-bond donors (Lipinski definition) is 1. The lowest BCUT2D eigenvalue weighted by atomic mass is 10.3. The summed E-state index contributed by atoms with van der Waals surface area (Å²) in [4.78, 5) is 15.6. The first-order valence-electron chi connectivity index (χ1n) is 5.00. The highest BCUT2D eigenvalue weighted by atomic mass is 32.1. The van der Waals surface area contributed by atoms with Crippen molar-refractivity contribution in [2.45, 2.75) is 6.92 Å². The quantitative estimate of drug-likeness (QED) is 0.849. The second-order valence-corrected chi connectivity index (χ2v) is 4.26. The van der Waals surface area contributed by atoms with Gasteiger partial charge in [0, 0.05) is 12.1 Å². The molecule has 0 aliphatic carbocycles. The topological polar surface area (TPSA) is 68.7 Å².